The zero-order valence-electron chi connectivity index (χ0n) is 10.8. The van der Waals surface area contributed by atoms with E-state index < -0.39 is 26.6 Å². The summed E-state index contributed by atoms with van der Waals surface area (Å²) in [5.41, 5.74) is 5.72. The molecule has 4 nitrogen and oxygen atoms in total. The molecular weight excluding hydrogens is 322 g/mol. The Morgan fingerprint density at radius 2 is 1.90 bits per heavy atom. The first-order chi connectivity index (χ1) is 9.72. The number of hydrogen-bond acceptors (Lipinski definition) is 3. The molecule has 0 saturated heterocycles. The highest BCUT2D eigenvalue weighted by molar-refractivity contribution is 7.92. The van der Waals surface area contributed by atoms with E-state index in [0.29, 0.717) is 5.56 Å². The van der Waals surface area contributed by atoms with Crippen molar-refractivity contribution in [2.24, 2.45) is 0 Å². The Kier molecular flexibility index (Phi) is 4.06. The Hall–Kier alpha value is -1.86. The number of hydrogen-bond donors (Lipinski definition) is 2. The number of benzene rings is 2. The van der Waals surface area contributed by atoms with Crippen LogP contribution in [0.4, 0.5) is 20.2 Å². The number of nitrogens with two attached hydrogens (primary N) is 1. The zero-order valence-corrected chi connectivity index (χ0v) is 12.4. The highest BCUT2D eigenvalue weighted by atomic mass is 35.5. The lowest BCUT2D eigenvalue weighted by molar-refractivity contribution is 0.569. The molecule has 2 aromatic rings. The van der Waals surface area contributed by atoms with Crippen molar-refractivity contribution in [1.82, 2.24) is 0 Å². The van der Waals surface area contributed by atoms with E-state index in [1.54, 1.807) is 6.92 Å². The van der Waals surface area contributed by atoms with Gasteiger partial charge >= 0.3 is 0 Å². The highest BCUT2D eigenvalue weighted by Gasteiger charge is 2.22. The van der Waals surface area contributed by atoms with Gasteiger partial charge in [-0.1, -0.05) is 17.7 Å². The van der Waals surface area contributed by atoms with Crippen LogP contribution in [-0.2, 0) is 10.0 Å². The maximum atomic E-state index is 13.8. The second-order valence-electron chi connectivity index (χ2n) is 4.35. The number of sulfonamides is 1. The van der Waals surface area contributed by atoms with Crippen molar-refractivity contribution in [3.8, 4) is 0 Å². The van der Waals surface area contributed by atoms with E-state index in [1.165, 1.54) is 18.2 Å². The fraction of sp³-hybridized carbons (Fsp3) is 0.0769. The van der Waals surface area contributed by atoms with Crippen LogP contribution in [0.5, 0.6) is 0 Å². The van der Waals surface area contributed by atoms with Gasteiger partial charge in [-0.05, 0) is 36.8 Å². The molecule has 0 aliphatic rings. The third kappa shape index (κ3) is 3.08. The molecular formula is C13H11ClF2N2O2S. The molecule has 0 bridgehead atoms. The van der Waals surface area contributed by atoms with Crippen LogP contribution in [0.15, 0.2) is 35.2 Å². The lowest BCUT2D eigenvalue weighted by Gasteiger charge is -2.11. The maximum Gasteiger partial charge on any atom is 0.264 e. The molecule has 0 aliphatic carbocycles. The molecule has 2 rings (SSSR count). The van der Waals surface area contributed by atoms with Crippen LogP contribution in [0.1, 0.15) is 5.56 Å². The number of nitrogens with one attached hydrogen (secondary N) is 1. The minimum absolute atomic E-state index is 0.114. The van der Waals surface area contributed by atoms with Crippen molar-refractivity contribution in [3.63, 3.8) is 0 Å². The highest BCUT2D eigenvalue weighted by Crippen LogP contribution is 2.27. The van der Waals surface area contributed by atoms with Crippen LogP contribution < -0.4 is 10.5 Å². The van der Waals surface area contributed by atoms with E-state index in [0.717, 1.165) is 12.1 Å². The Labute approximate surface area is 125 Å². The average molecular weight is 333 g/mol. The topological polar surface area (TPSA) is 72.2 Å². The van der Waals surface area contributed by atoms with Crippen LogP contribution in [0.25, 0.3) is 0 Å². The van der Waals surface area contributed by atoms with Crippen LogP contribution in [0, 0.1) is 18.6 Å². The van der Waals surface area contributed by atoms with E-state index in [1.807, 2.05) is 4.72 Å². The van der Waals surface area contributed by atoms with Gasteiger partial charge in [0.1, 0.15) is 10.7 Å². The van der Waals surface area contributed by atoms with Gasteiger partial charge in [-0.3, -0.25) is 4.72 Å². The van der Waals surface area contributed by atoms with Gasteiger partial charge in [-0.25, -0.2) is 17.2 Å². The van der Waals surface area contributed by atoms with Crippen molar-refractivity contribution in [3.05, 3.63) is 52.6 Å². The molecule has 0 saturated carbocycles. The minimum Gasteiger partial charge on any atom is -0.398 e. The van der Waals surface area contributed by atoms with Gasteiger partial charge < -0.3 is 5.73 Å². The van der Waals surface area contributed by atoms with Gasteiger partial charge in [0.25, 0.3) is 10.0 Å². The van der Waals surface area contributed by atoms with Crippen LogP contribution in [0.3, 0.4) is 0 Å². The number of anilines is 2. The van der Waals surface area contributed by atoms with E-state index in [-0.39, 0.29) is 16.4 Å². The quantitative estimate of drug-likeness (QED) is 0.847. The van der Waals surface area contributed by atoms with Crippen LogP contribution in [0.2, 0.25) is 5.02 Å². The van der Waals surface area contributed by atoms with Gasteiger partial charge in [0.2, 0.25) is 0 Å². The predicted molar refractivity (Wildman–Crippen MR) is 77.8 cm³/mol. The molecule has 2 aromatic carbocycles. The van der Waals surface area contributed by atoms with E-state index in [9.17, 15) is 17.2 Å². The molecule has 0 spiro atoms. The summed E-state index contributed by atoms with van der Waals surface area (Å²) in [4.78, 5) is -0.662. The summed E-state index contributed by atoms with van der Waals surface area (Å²) in [5, 5.41) is -0.251. The van der Waals surface area contributed by atoms with Gasteiger partial charge in [0.15, 0.2) is 5.82 Å². The van der Waals surface area contributed by atoms with Crippen LogP contribution >= 0.6 is 11.6 Å². The van der Waals surface area contributed by atoms with Gasteiger partial charge in [-0.2, -0.15) is 0 Å². The second kappa shape index (κ2) is 5.50. The van der Waals surface area contributed by atoms with Gasteiger partial charge in [-0.15, -0.1) is 0 Å². The monoisotopic (exact) mass is 332 g/mol. The van der Waals surface area contributed by atoms with Crippen molar-refractivity contribution in [2.45, 2.75) is 11.8 Å². The summed E-state index contributed by atoms with van der Waals surface area (Å²) in [6.07, 6.45) is 0. The number of rotatable bonds is 3. The molecule has 0 atom stereocenters. The summed E-state index contributed by atoms with van der Waals surface area (Å²) in [7, 11) is -4.33. The van der Waals surface area contributed by atoms with Crippen molar-refractivity contribution >= 4 is 33.0 Å². The number of nitrogen functional groups attached to an aromatic ring is 1. The van der Waals surface area contributed by atoms with Crippen molar-refractivity contribution in [2.75, 3.05) is 10.5 Å². The van der Waals surface area contributed by atoms with E-state index >= 15 is 0 Å². The fourth-order valence-corrected chi connectivity index (χ4v) is 2.99. The standard InChI is InChI=1S/C13H11ClF2N2O2S/c1-7-5-9(15)12(6-10(7)17)21(19,20)18-11-4-2-3-8(14)13(11)16/h2-6,18H,17H2,1H3. The summed E-state index contributed by atoms with van der Waals surface area (Å²) >= 11 is 5.56. The molecule has 0 amide bonds. The normalized spacial score (nSPS) is 11.4. The Balaban J connectivity index is 2.48. The van der Waals surface area contributed by atoms with Gasteiger partial charge in [0, 0.05) is 5.69 Å². The van der Waals surface area contributed by atoms with Crippen molar-refractivity contribution < 1.29 is 17.2 Å². The third-order valence-corrected chi connectivity index (χ3v) is 4.48. The molecule has 112 valence electrons. The summed E-state index contributed by atoms with van der Waals surface area (Å²) in [5.74, 6) is -1.92. The predicted octanol–water partition coefficient (Wildman–Crippen LogP) is 3.31. The van der Waals surface area contributed by atoms with Crippen LogP contribution in [-0.4, -0.2) is 8.42 Å². The SMILES string of the molecule is Cc1cc(F)c(S(=O)(=O)Nc2cccc(Cl)c2F)cc1N. The first-order valence-corrected chi connectivity index (χ1v) is 7.61. The maximum absolute atomic E-state index is 13.8. The first-order valence-electron chi connectivity index (χ1n) is 5.75. The molecule has 3 N–H and O–H groups in total. The first kappa shape index (κ1) is 15.5. The van der Waals surface area contributed by atoms with Crippen molar-refractivity contribution in [1.29, 1.82) is 0 Å². The summed E-state index contributed by atoms with van der Waals surface area (Å²) in [6.45, 7) is 1.54. The molecule has 0 radical (unpaired) electrons. The summed E-state index contributed by atoms with van der Waals surface area (Å²) in [6, 6.07) is 5.78. The lowest BCUT2D eigenvalue weighted by Crippen LogP contribution is -2.16. The molecule has 0 fully saturated rings. The third-order valence-electron chi connectivity index (χ3n) is 2.81. The minimum atomic E-state index is -4.33. The number of halogens is 3. The molecule has 8 heteroatoms. The van der Waals surface area contributed by atoms with E-state index in [2.05, 4.69) is 0 Å². The lowest BCUT2D eigenvalue weighted by atomic mass is 10.2. The van der Waals surface area contributed by atoms with Gasteiger partial charge in [0.05, 0.1) is 10.7 Å². The summed E-state index contributed by atoms with van der Waals surface area (Å²) < 4.78 is 53.7. The second-order valence-corrected chi connectivity index (χ2v) is 6.40. The Bertz CT molecular complexity index is 810. The molecule has 21 heavy (non-hydrogen) atoms. The Morgan fingerprint density at radius 1 is 1.24 bits per heavy atom. The molecule has 0 aliphatic heterocycles. The smallest absolute Gasteiger partial charge is 0.264 e. The average Bonchev–Trinajstić information content (AvgIpc) is 2.39. The van der Waals surface area contributed by atoms with E-state index in [4.69, 9.17) is 17.3 Å². The number of aryl methyl sites for hydroxylation is 1. The molecule has 0 heterocycles. The fourth-order valence-electron chi connectivity index (χ4n) is 1.66. The molecule has 0 unspecified atom stereocenters. The molecule has 0 aromatic heterocycles. The largest absolute Gasteiger partial charge is 0.398 e. The Morgan fingerprint density at radius 3 is 2.57 bits per heavy atom. The zero-order chi connectivity index (χ0) is 15.8.